The second-order valence-electron chi connectivity index (χ2n) is 7.11. The van der Waals surface area contributed by atoms with E-state index in [4.69, 9.17) is 4.74 Å². The molecule has 25 heavy (non-hydrogen) atoms. The molecule has 0 aromatic heterocycles. The molecule has 0 unspecified atom stereocenters. The van der Waals surface area contributed by atoms with Crippen molar-refractivity contribution in [1.29, 1.82) is 0 Å². The number of hydrogen-bond acceptors (Lipinski definition) is 2. The molecule has 1 aliphatic rings. The largest absolute Gasteiger partial charge is 0.491 e. The third-order valence-corrected chi connectivity index (χ3v) is 5.18. The molecule has 0 radical (unpaired) electrons. The topological polar surface area (TPSA) is 38.3 Å². The summed E-state index contributed by atoms with van der Waals surface area (Å²) in [7, 11) is 0. The van der Waals surface area contributed by atoms with Crippen LogP contribution in [0.2, 0.25) is 0 Å². The van der Waals surface area contributed by atoms with Crippen molar-refractivity contribution in [2.75, 3.05) is 6.61 Å². The van der Waals surface area contributed by atoms with Crippen molar-refractivity contribution < 1.29 is 9.53 Å². The average Bonchev–Trinajstić information content (AvgIpc) is 3.13. The third-order valence-electron chi connectivity index (χ3n) is 5.18. The number of benzene rings is 2. The van der Waals surface area contributed by atoms with Gasteiger partial charge >= 0.3 is 0 Å². The number of hydrogen-bond donors (Lipinski definition) is 1. The van der Waals surface area contributed by atoms with Crippen molar-refractivity contribution in [3.8, 4) is 5.75 Å². The zero-order chi connectivity index (χ0) is 17.7. The van der Waals surface area contributed by atoms with E-state index in [-0.39, 0.29) is 17.4 Å². The molecule has 1 fully saturated rings. The van der Waals surface area contributed by atoms with Crippen LogP contribution in [0.4, 0.5) is 0 Å². The van der Waals surface area contributed by atoms with E-state index in [1.807, 2.05) is 56.3 Å². The zero-order valence-electron chi connectivity index (χ0n) is 15.1. The lowest BCUT2D eigenvalue weighted by Gasteiger charge is -2.30. The van der Waals surface area contributed by atoms with Gasteiger partial charge in [0.2, 0.25) is 5.91 Å². The normalized spacial score (nSPS) is 17.0. The van der Waals surface area contributed by atoms with Crippen LogP contribution in [0, 0.1) is 6.92 Å². The molecule has 0 aliphatic heterocycles. The van der Waals surface area contributed by atoms with Crippen LogP contribution >= 0.6 is 0 Å². The summed E-state index contributed by atoms with van der Waals surface area (Å²) in [4.78, 5) is 13.1. The smallest absolute Gasteiger partial charge is 0.230 e. The van der Waals surface area contributed by atoms with Crippen molar-refractivity contribution >= 4 is 5.91 Å². The molecule has 1 aliphatic carbocycles. The van der Waals surface area contributed by atoms with E-state index in [0.717, 1.165) is 42.6 Å². The van der Waals surface area contributed by atoms with Crippen molar-refractivity contribution in [2.45, 2.75) is 51.0 Å². The van der Waals surface area contributed by atoms with Crippen LogP contribution < -0.4 is 10.1 Å². The summed E-state index contributed by atoms with van der Waals surface area (Å²) in [6, 6.07) is 18.1. The Labute approximate surface area is 150 Å². The van der Waals surface area contributed by atoms with Crippen LogP contribution in [0.5, 0.6) is 5.75 Å². The molecule has 0 heterocycles. The molecule has 3 rings (SSSR count). The highest BCUT2D eigenvalue weighted by Gasteiger charge is 2.42. The van der Waals surface area contributed by atoms with Crippen LogP contribution in [0.1, 0.15) is 43.7 Å². The summed E-state index contributed by atoms with van der Waals surface area (Å²) < 4.78 is 5.89. The van der Waals surface area contributed by atoms with E-state index in [9.17, 15) is 4.79 Å². The minimum atomic E-state index is -0.377. The average molecular weight is 337 g/mol. The molecule has 1 saturated carbocycles. The molecule has 2 aromatic carbocycles. The van der Waals surface area contributed by atoms with Crippen LogP contribution in [0.3, 0.4) is 0 Å². The fourth-order valence-corrected chi connectivity index (χ4v) is 3.72. The molecule has 1 N–H and O–H groups in total. The third kappa shape index (κ3) is 3.87. The number of carbonyl (C=O) groups is 1. The maximum absolute atomic E-state index is 13.1. The van der Waals surface area contributed by atoms with Gasteiger partial charge in [-0.15, -0.1) is 0 Å². The Morgan fingerprint density at radius 1 is 1.08 bits per heavy atom. The van der Waals surface area contributed by atoms with Crippen LogP contribution in [0.25, 0.3) is 0 Å². The number of amides is 1. The first-order valence-electron chi connectivity index (χ1n) is 9.17. The van der Waals surface area contributed by atoms with Crippen molar-refractivity contribution in [2.24, 2.45) is 0 Å². The highest BCUT2D eigenvalue weighted by molar-refractivity contribution is 5.88. The minimum absolute atomic E-state index is 0.0340. The fourth-order valence-electron chi connectivity index (χ4n) is 3.72. The molecule has 3 nitrogen and oxygen atoms in total. The number of aryl methyl sites for hydroxylation is 1. The number of carbonyl (C=O) groups excluding carboxylic acids is 1. The minimum Gasteiger partial charge on any atom is -0.491 e. The Bertz CT molecular complexity index is 705. The Morgan fingerprint density at radius 2 is 1.72 bits per heavy atom. The van der Waals surface area contributed by atoms with Crippen LogP contribution in [-0.2, 0) is 10.2 Å². The number of ether oxygens (including phenoxy) is 1. The Kier molecular flexibility index (Phi) is 5.42. The molecular formula is C22H27NO2. The van der Waals surface area contributed by atoms with E-state index >= 15 is 0 Å². The predicted octanol–water partition coefficient (Wildman–Crippen LogP) is 4.39. The summed E-state index contributed by atoms with van der Waals surface area (Å²) in [6.07, 6.45) is 4.06. The fraction of sp³-hybridized carbons (Fsp3) is 0.409. The van der Waals surface area contributed by atoms with E-state index in [0.29, 0.717) is 6.61 Å². The molecule has 132 valence electrons. The lowest BCUT2D eigenvalue weighted by Crippen LogP contribution is -2.47. The molecule has 1 atom stereocenters. The molecule has 0 spiro atoms. The van der Waals surface area contributed by atoms with E-state index < -0.39 is 0 Å². The van der Waals surface area contributed by atoms with Gasteiger partial charge in [0.15, 0.2) is 0 Å². The second-order valence-corrected chi connectivity index (χ2v) is 7.11. The first kappa shape index (κ1) is 17.5. The van der Waals surface area contributed by atoms with Gasteiger partial charge in [-0.3, -0.25) is 4.79 Å². The standard InChI is InChI=1S/C22H27NO2/c1-17-10-6-7-13-20(17)25-16-18(2)23-21(24)22(14-8-9-15-22)19-11-4-3-5-12-19/h3-7,10-13,18H,8-9,14-16H2,1-2H3,(H,23,24)/t18-/m1/s1. The molecule has 0 bridgehead atoms. The lowest BCUT2D eigenvalue weighted by molar-refractivity contribution is -0.127. The summed E-state index contributed by atoms with van der Waals surface area (Å²) in [5, 5.41) is 3.19. The lowest BCUT2D eigenvalue weighted by atomic mass is 9.78. The van der Waals surface area contributed by atoms with Crippen LogP contribution in [0.15, 0.2) is 54.6 Å². The maximum Gasteiger partial charge on any atom is 0.230 e. The van der Waals surface area contributed by atoms with Gasteiger partial charge < -0.3 is 10.1 Å². The molecule has 1 amide bonds. The summed E-state index contributed by atoms with van der Waals surface area (Å²) in [5.74, 6) is 1.01. The predicted molar refractivity (Wildman–Crippen MR) is 101 cm³/mol. The van der Waals surface area contributed by atoms with Gasteiger partial charge in [-0.2, -0.15) is 0 Å². The Morgan fingerprint density at radius 3 is 2.40 bits per heavy atom. The van der Waals surface area contributed by atoms with E-state index in [2.05, 4.69) is 17.4 Å². The van der Waals surface area contributed by atoms with Gasteiger partial charge in [0.05, 0.1) is 11.5 Å². The van der Waals surface area contributed by atoms with E-state index in [1.165, 1.54) is 0 Å². The first-order valence-corrected chi connectivity index (χ1v) is 9.17. The second kappa shape index (κ2) is 7.73. The van der Waals surface area contributed by atoms with Gasteiger partial charge in [-0.25, -0.2) is 0 Å². The maximum atomic E-state index is 13.1. The number of para-hydroxylation sites is 1. The molecule has 0 saturated heterocycles. The highest BCUT2D eigenvalue weighted by Crippen LogP contribution is 2.41. The van der Waals surface area contributed by atoms with Gasteiger partial charge in [0, 0.05) is 0 Å². The molecule has 3 heteroatoms. The van der Waals surface area contributed by atoms with Crippen molar-refractivity contribution in [1.82, 2.24) is 5.32 Å². The molecule has 2 aromatic rings. The van der Waals surface area contributed by atoms with Crippen molar-refractivity contribution in [3.05, 3.63) is 65.7 Å². The summed E-state index contributed by atoms with van der Waals surface area (Å²) in [5.41, 5.74) is 1.87. The quantitative estimate of drug-likeness (QED) is 0.849. The number of rotatable bonds is 6. The SMILES string of the molecule is Cc1ccccc1OC[C@@H](C)NC(=O)C1(c2ccccc2)CCCC1. The number of nitrogens with one attached hydrogen (secondary N) is 1. The summed E-state index contributed by atoms with van der Waals surface area (Å²) >= 11 is 0. The van der Waals surface area contributed by atoms with E-state index in [1.54, 1.807) is 0 Å². The Balaban J connectivity index is 1.65. The van der Waals surface area contributed by atoms with Gasteiger partial charge in [-0.1, -0.05) is 61.4 Å². The molecular weight excluding hydrogens is 310 g/mol. The van der Waals surface area contributed by atoms with Crippen molar-refractivity contribution in [3.63, 3.8) is 0 Å². The first-order chi connectivity index (χ1) is 12.1. The van der Waals surface area contributed by atoms with Gasteiger partial charge in [0.25, 0.3) is 0 Å². The highest BCUT2D eigenvalue weighted by atomic mass is 16.5. The Hall–Kier alpha value is -2.29. The summed E-state index contributed by atoms with van der Waals surface area (Å²) in [6.45, 7) is 4.51. The monoisotopic (exact) mass is 337 g/mol. The van der Waals surface area contributed by atoms with Crippen LogP contribution in [-0.4, -0.2) is 18.6 Å². The van der Waals surface area contributed by atoms with Gasteiger partial charge in [-0.05, 0) is 43.9 Å². The van der Waals surface area contributed by atoms with Gasteiger partial charge in [0.1, 0.15) is 12.4 Å². The zero-order valence-corrected chi connectivity index (χ0v) is 15.1.